The van der Waals surface area contributed by atoms with Crippen LogP contribution < -0.4 is 10.5 Å². The van der Waals surface area contributed by atoms with Crippen molar-refractivity contribution in [1.82, 2.24) is 4.90 Å². The number of rotatable bonds is 10. The van der Waals surface area contributed by atoms with Crippen LogP contribution in [0.3, 0.4) is 0 Å². The van der Waals surface area contributed by atoms with Gasteiger partial charge in [0.05, 0.1) is 6.61 Å². The van der Waals surface area contributed by atoms with Crippen molar-refractivity contribution in [2.45, 2.75) is 39.7 Å². The second kappa shape index (κ2) is 9.82. The highest BCUT2D eigenvalue weighted by atomic mass is 16.5. The van der Waals surface area contributed by atoms with Gasteiger partial charge in [-0.05, 0) is 43.6 Å². The first-order valence-electron chi connectivity index (χ1n) is 7.44. The summed E-state index contributed by atoms with van der Waals surface area (Å²) >= 11 is 0. The summed E-state index contributed by atoms with van der Waals surface area (Å²) in [5.41, 5.74) is 6.71. The standard InChI is InChI=1S/C16H28N2O/c1-3-5-11-18(4-2)12-6-13-19-16-9-7-15(14-17)8-10-16/h7-10H,3-6,11-14,17H2,1-2H3. The van der Waals surface area contributed by atoms with Gasteiger partial charge in [0.2, 0.25) is 0 Å². The Hall–Kier alpha value is -1.06. The summed E-state index contributed by atoms with van der Waals surface area (Å²) in [5.74, 6) is 0.939. The van der Waals surface area contributed by atoms with E-state index in [0.717, 1.165) is 37.4 Å². The van der Waals surface area contributed by atoms with Gasteiger partial charge in [0.1, 0.15) is 5.75 Å². The topological polar surface area (TPSA) is 38.5 Å². The molecule has 0 radical (unpaired) electrons. The van der Waals surface area contributed by atoms with Crippen LogP contribution in [0.15, 0.2) is 24.3 Å². The molecule has 0 aromatic heterocycles. The lowest BCUT2D eigenvalue weighted by Gasteiger charge is -2.19. The molecule has 0 unspecified atom stereocenters. The Labute approximate surface area is 117 Å². The molecule has 0 bridgehead atoms. The fourth-order valence-corrected chi connectivity index (χ4v) is 2.01. The zero-order chi connectivity index (χ0) is 13.9. The molecule has 0 spiro atoms. The van der Waals surface area contributed by atoms with Crippen LogP contribution in [0.1, 0.15) is 38.7 Å². The van der Waals surface area contributed by atoms with Gasteiger partial charge >= 0.3 is 0 Å². The first kappa shape index (κ1) is 16.0. The minimum absolute atomic E-state index is 0.586. The Morgan fingerprint density at radius 2 is 1.74 bits per heavy atom. The van der Waals surface area contributed by atoms with E-state index in [1.807, 2.05) is 24.3 Å². The van der Waals surface area contributed by atoms with E-state index >= 15 is 0 Å². The van der Waals surface area contributed by atoms with Crippen LogP contribution in [0.5, 0.6) is 5.75 Å². The van der Waals surface area contributed by atoms with E-state index in [2.05, 4.69) is 18.7 Å². The smallest absolute Gasteiger partial charge is 0.119 e. The van der Waals surface area contributed by atoms with Crippen molar-refractivity contribution in [1.29, 1.82) is 0 Å². The van der Waals surface area contributed by atoms with Gasteiger partial charge in [-0.15, -0.1) is 0 Å². The van der Waals surface area contributed by atoms with Crippen molar-refractivity contribution < 1.29 is 4.74 Å². The molecule has 2 N–H and O–H groups in total. The molecule has 0 aliphatic heterocycles. The molecule has 1 aromatic carbocycles. The van der Waals surface area contributed by atoms with E-state index in [4.69, 9.17) is 10.5 Å². The number of nitrogens with two attached hydrogens (primary N) is 1. The number of ether oxygens (including phenoxy) is 1. The highest BCUT2D eigenvalue weighted by molar-refractivity contribution is 5.26. The molecule has 0 aliphatic rings. The van der Waals surface area contributed by atoms with Crippen LogP contribution in [0, 0.1) is 0 Å². The fourth-order valence-electron chi connectivity index (χ4n) is 2.01. The van der Waals surface area contributed by atoms with Crippen LogP contribution in [0.2, 0.25) is 0 Å². The Morgan fingerprint density at radius 3 is 2.32 bits per heavy atom. The second-order valence-electron chi connectivity index (χ2n) is 4.84. The minimum atomic E-state index is 0.586. The maximum Gasteiger partial charge on any atom is 0.119 e. The van der Waals surface area contributed by atoms with Crippen LogP contribution in [-0.4, -0.2) is 31.1 Å². The highest BCUT2D eigenvalue weighted by Gasteiger charge is 2.01. The summed E-state index contributed by atoms with van der Waals surface area (Å²) < 4.78 is 5.74. The molecule has 108 valence electrons. The Morgan fingerprint density at radius 1 is 1.05 bits per heavy atom. The average molecular weight is 264 g/mol. The molecule has 0 saturated heterocycles. The van der Waals surface area contributed by atoms with Gasteiger partial charge in [0, 0.05) is 13.1 Å². The number of unbranched alkanes of at least 4 members (excludes halogenated alkanes) is 1. The third kappa shape index (κ3) is 6.60. The van der Waals surface area contributed by atoms with E-state index in [1.54, 1.807) is 0 Å². The molecular formula is C16H28N2O. The lowest BCUT2D eigenvalue weighted by molar-refractivity contribution is 0.239. The van der Waals surface area contributed by atoms with Crippen LogP contribution >= 0.6 is 0 Å². The van der Waals surface area contributed by atoms with Crippen LogP contribution in [0.25, 0.3) is 0 Å². The largest absolute Gasteiger partial charge is 0.494 e. The van der Waals surface area contributed by atoms with Gasteiger partial charge in [-0.1, -0.05) is 32.4 Å². The Balaban J connectivity index is 2.18. The third-order valence-electron chi connectivity index (χ3n) is 3.32. The summed E-state index contributed by atoms with van der Waals surface area (Å²) in [6.45, 7) is 9.29. The van der Waals surface area contributed by atoms with Gasteiger partial charge in [-0.25, -0.2) is 0 Å². The normalized spacial score (nSPS) is 10.9. The number of benzene rings is 1. The summed E-state index contributed by atoms with van der Waals surface area (Å²) in [4.78, 5) is 2.49. The Kier molecular flexibility index (Phi) is 8.26. The third-order valence-corrected chi connectivity index (χ3v) is 3.32. The second-order valence-corrected chi connectivity index (χ2v) is 4.84. The molecule has 0 atom stereocenters. The Bertz CT molecular complexity index is 324. The predicted octanol–water partition coefficient (Wildman–Crippen LogP) is 3.04. The molecule has 0 saturated carbocycles. The van der Waals surface area contributed by atoms with Crippen molar-refractivity contribution >= 4 is 0 Å². The number of hydrogen-bond acceptors (Lipinski definition) is 3. The maximum absolute atomic E-state index is 5.74. The van der Waals surface area contributed by atoms with Crippen LogP contribution in [0.4, 0.5) is 0 Å². The lowest BCUT2D eigenvalue weighted by Crippen LogP contribution is -2.26. The molecule has 0 fully saturated rings. The molecule has 0 heterocycles. The predicted molar refractivity (Wildman–Crippen MR) is 81.5 cm³/mol. The molecular weight excluding hydrogens is 236 g/mol. The minimum Gasteiger partial charge on any atom is -0.494 e. The van der Waals surface area contributed by atoms with E-state index in [0.29, 0.717) is 6.54 Å². The molecule has 0 amide bonds. The van der Waals surface area contributed by atoms with Gasteiger partial charge < -0.3 is 15.4 Å². The van der Waals surface area contributed by atoms with Gasteiger partial charge in [0.15, 0.2) is 0 Å². The molecule has 19 heavy (non-hydrogen) atoms. The molecule has 1 rings (SSSR count). The van der Waals surface area contributed by atoms with E-state index in [-0.39, 0.29) is 0 Å². The fraction of sp³-hybridized carbons (Fsp3) is 0.625. The average Bonchev–Trinajstić information content (AvgIpc) is 2.47. The SMILES string of the molecule is CCCCN(CC)CCCOc1ccc(CN)cc1. The lowest BCUT2D eigenvalue weighted by atomic mass is 10.2. The molecule has 3 heteroatoms. The summed E-state index contributed by atoms with van der Waals surface area (Å²) in [6, 6.07) is 8.04. The summed E-state index contributed by atoms with van der Waals surface area (Å²) in [6.07, 6.45) is 3.63. The van der Waals surface area contributed by atoms with E-state index in [9.17, 15) is 0 Å². The zero-order valence-electron chi connectivity index (χ0n) is 12.4. The molecule has 3 nitrogen and oxygen atoms in total. The first-order chi connectivity index (χ1) is 9.30. The highest BCUT2D eigenvalue weighted by Crippen LogP contribution is 2.12. The number of nitrogens with zero attached hydrogens (tertiary/aromatic N) is 1. The van der Waals surface area contributed by atoms with Crippen molar-refractivity contribution in [3.05, 3.63) is 29.8 Å². The zero-order valence-corrected chi connectivity index (χ0v) is 12.4. The maximum atomic E-state index is 5.74. The van der Waals surface area contributed by atoms with Gasteiger partial charge in [-0.3, -0.25) is 0 Å². The van der Waals surface area contributed by atoms with Crippen molar-refractivity contribution in [3.8, 4) is 5.75 Å². The first-order valence-corrected chi connectivity index (χ1v) is 7.44. The van der Waals surface area contributed by atoms with Gasteiger partial charge in [0.25, 0.3) is 0 Å². The number of hydrogen-bond donors (Lipinski definition) is 1. The van der Waals surface area contributed by atoms with Crippen molar-refractivity contribution in [2.24, 2.45) is 5.73 Å². The van der Waals surface area contributed by atoms with Gasteiger partial charge in [-0.2, -0.15) is 0 Å². The molecule has 0 aliphatic carbocycles. The summed E-state index contributed by atoms with van der Waals surface area (Å²) in [5, 5.41) is 0. The summed E-state index contributed by atoms with van der Waals surface area (Å²) in [7, 11) is 0. The van der Waals surface area contributed by atoms with Crippen molar-refractivity contribution in [3.63, 3.8) is 0 Å². The van der Waals surface area contributed by atoms with Crippen LogP contribution in [-0.2, 0) is 6.54 Å². The van der Waals surface area contributed by atoms with Crippen molar-refractivity contribution in [2.75, 3.05) is 26.2 Å². The molecule has 1 aromatic rings. The van der Waals surface area contributed by atoms with E-state index < -0.39 is 0 Å². The quantitative estimate of drug-likeness (QED) is 0.660. The monoisotopic (exact) mass is 264 g/mol. The van der Waals surface area contributed by atoms with E-state index in [1.165, 1.54) is 19.4 Å².